The van der Waals surface area contributed by atoms with Crippen LogP contribution in [0.1, 0.15) is 12.0 Å². The van der Waals surface area contributed by atoms with E-state index in [0.717, 1.165) is 5.56 Å². The van der Waals surface area contributed by atoms with Gasteiger partial charge in [0, 0.05) is 18.8 Å². The largest absolute Gasteiger partial charge is 0.388 e. The minimum atomic E-state index is -1.14. The summed E-state index contributed by atoms with van der Waals surface area (Å²) in [6, 6.07) is 15.1. The van der Waals surface area contributed by atoms with Gasteiger partial charge in [0.1, 0.15) is 18.0 Å². The van der Waals surface area contributed by atoms with Crippen molar-refractivity contribution in [2.24, 2.45) is 0 Å². The normalized spacial score (nSPS) is 24.7. The zero-order valence-electron chi connectivity index (χ0n) is 14.7. The first-order chi connectivity index (χ1) is 13.0. The number of rotatable bonds is 7. The topological polar surface area (TPSA) is 90.8 Å². The molecule has 0 spiro atoms. The van der Waals surface area contributed by atoms with Crippen LogP contribution in [-0.2, 0) is 16.1 Å². The Balaban J connectivity index is 1.46. The molecule has 1 fully saturated rings. The Labute approximate surface area is 157 Å². The molecular weight excluding hydrogens is 351 g/mol. The Kier molecular flexibility index (Phi) is 6.52. The van der Waals surface area contributed by atoms with Gasteiger partial charge in [-0.3, -0.25) is 4.79 Å². The van der Waals surface area contributed by atoms with Gasteiger partial charge in [-0.2, -0.15) is 0 Å². The summed E-state index contributed by atoms with van der Waals surface area (Å²) in [5.74, 6) is -0.592. The van der Waals surface area contributed by atoms with Crippen molar-refractivity contribution in [1.82, 2.24) is 5.32 Å². The smallest absolute Gasteiger partial charge is 0.227 e. The second-order valence-electron chi connectivity index (χ2n) is 6.57. The Morgan fingerprint density at radius 2 is 1.67 bits per heavy atom. The fourth-order valence-corrected chi connectivity index (χ4v) is 3.04. The Morgan fingerprint density at radius 1 is 1.00 bits per heavy atom. The van der Waals surface area contributed by atoms with Gasteiger partial charge in [-0.05, 0) is 29.8 Å². The highest BCUT2D eigenvalue weighted by molar-refractivity contribution is 5.91. The Morgan fingerprint density at radius 3 is 2.37 bits per heavy atom. The second-order valence-corrected chi connectivity index (χ2v) is 6.57. The number of hydrogen-bond donors (Lipinski definition) is 4. The summed E-state index contributed by atoms with van der Waals surface area (Å²) in [5.41, 5.74) is 1.55. The first-order valence-corrected chi connectivity index (χ1v) is 8.84. The lowest BCUT2D eigenvalue weighted by Crippen LogP contribution is -2.38. The molecule has 27 heavy (non-hydrogen) atoms. The van der Waals surface area contributed by atoms with E-state index in [1.165, 1.54) is 12.1 Å². The number of aliphatic hydroxyl groups excluding tert-OH is 2. The van der Waals surface area contributed by atoms with Gasteiger partial charge in [-0.15, -0.1) is 0 Å². The molecule has 4 N–H and O–H groups in total. The predicted octanol–water partition coefficient (Wildman–Crippen LogP) is 1.43. The average Bonchev–Trinajstić information content (AvgIpc) is 2.92. The van der Waals surface area contributed by atoms with E-state index >= 15 is 0 Å². The number of anilines is 1. The molecule has 4 atom stereocenters. The average molecular weight is 374 g/mol. The molecule has 0 saturated carbocycles. The van der Waals surface area contributed by atoms with Crippen LogP contribution >= 0.6 is 0 Å². The summed E-state index contributed by atoms with van der Waals surface area (Å²) in [6.07, 6.45) is -3.68. The fraction of sp³-hybridized carbons (Fsp3) is 0.350. The number of para-hydroxylation sites is 1. The van der Waals surface area contributed by atoms with Gasteiger partial charge in [0.25, 0.3) is 0 Å². The third-order valence-electron chi connectivity index (χ3n) is 4.49. The van der Waals surface area contributed by atoms with Crippen molar-refractivity contribution in [3.63, 3.8) is 0 Å². The monoisotopic (exact) mass is 374 g/mol. The van der Waals surface area contributed by atoms with Crippen LogP contribution in [0.4, 0.5) is 10.1 Å². The molecule has 6 nitrogen and oxygen atoms in total. The highest BCUT2D eigenvalue weighted by Gasteiger charge is 2.43. The molecule has 0 aromatic heterocycles. The van der Waals surface area contributed by atoms with Crippen LogP contribution in [0.15, 0.2) is 54.6 Å². The highest BCUT2D eigenvalue weighted by atomic mass is 19.1. The van der Waals surface area contributed by atoms with Gasteiger partial charge < -0.3 is 25.6 Å². The molecule has 0 radical (unpaired) electrons. The lowest BCUT2D eigenvalue weighted by Gasteiger charge is -2.15. The number of hydrogen-bond acceptors (Lipinski definition) is 5. The van der Waals surface area contributed by atoms with Crippen molar-refractivity contribution in [3.05, 3.63) is 66.0 Å². The summed E-state index contributed by atoms with van der Waals surface area (Å²) in [5, 5.41) is 26.2. The van der Waals surface area contributed by atoms with Crippen molar-refractivity contribution in [2.45, 2.75) is 37.4 Å². The first-order valence-electron chi connectivity index (χ1n) is 8.84. The quantitative estimate of drug-likeness (QED) is 0.589. The maximum absolute atomic E-state index is 12.9. The molecule has 1 aliphatic rings. The zero-order chi connectivity index (χ0) is 19.2. The van der Waals surface area contributed by atoms with Gasteiger partial charge in [0.05, 0.1) is 18.6 Å². The van der Waals surface area contributed by atoms with Gasteiger partial charge in [0.15, 0.2) is 0 Å². The maximum atomic E-state index is 12.9. The van der Waals surface area contributed by atoms with Gasteiger partial charge in [-0.25, -0.2) is 4.39 Å². The number of halogens is 1. The standard InChI is InChI=1S/C20H23FN2O4/c21-14-8-6-13(7-9-14)11-22-12-17-20(26)19(25)16(27-17)10-18(24)23-15-4-2-1-3-5-15/h1-9,16-17,19-20,22,25-26H,10-12H2,(H,23,24)/t16-,17+,19-,20+/m0/s1. The second kappa shape index (κ2) is 9.05. The van der Waals surface area contributed by atoms with E-state index in [4.69, 9.17) is 4.74 Å². The van der Waals surface area contributed by atoms with Crippen LogP contribution in [-0.4, -0.2) is 47.1 Å². The zero-order valence-corrected chi connectivity index (χ0v) is 14.7. The fourth-order valence-electron chi connectivity index (χ4n) is 3.04. The Hall–Kier alpha value is -2.32. The van der Waals surface area contributed by atoms with E-state index in [9.17, 15) is 19.4 Å². The number of benzene rings is 2. The van der Waals surface area contributed by atoms with Crippen LogP contribution in [0.5, 0.6) is 0 Å². The Bertz CT molecular complexity index is 741. The molecule has 0 aliphatic carbocycles. The summed E-state index contributed by atoms with van der Waals surface area (Å²) < 4.78 is 18.6. The number of amides is 1. The van der Waals surface area contributed by atoms with Crippen LogP contribution in [0.2, 0.25) is 0 Å². The van der Waals surface area contributed by atoms with E-state index in [-0.39, 0.29) is 18.1 Å². The van der Waals surface area contributed by atoms with Gasteiger partial charge in [-0.1, -0.05) is 30.3 Å². The van der Waals surface area contributed by atoms with Crippen LogP contribution in [0, 0.1) is 5.82 Å². The van der Waals surface area contributed by atoms with E-state index < -0.39 is 24.4 Å². The van der Waals surface area contributed by atoms with Crippen molar-refractivity contribution in [3.8, 4) is 0 Å². The molecule has 1 saturated heterocycles. The van der Waals surface area contributed by atoms with E-state index in [0.29, 0.717) is 18.8 Å². The number of carbonyl (C=O) groups is 1. The van der Waals surface area contributed by atoms with Gasteiger partial charge >= 0.3 is 0 Å². The van der Waals surface area contributed by atoms with Crippen molar-refractivity contribution in [2.75, 3.05) is 11.9 Å². The van der Waals surface area contributed by atoms with Crippen molar-refractivity contribution >= 4 is 11.6 Å². The van der Waals surface area contributed by atoms with E-state index in [1.54, 1.807) is 24.3 Å². The molecule has 0 bridgehead atoms. The van der Waals surface area contributed by atoms with Crippen LogP contribution in [0.25, 0.3) is 0 Å². The van der Waals surface area contributed by atoms with Gasteiger partial charge in [0.2, 0.25) is 5.91 Å². The van der Waals surface area contributed by atoms with Crippen molar-refractivity contribution in [1.29, 1.82) is 0 Å². The first kappa shape index (κ1) is 19.4. The van der Waals surface area contributed by atoms with E-state index in [1.807, 2.05) is 18.2 Å². The minimum Gasteiger partial charge on any atom is -0.388 e. The molecule has 1 heterocycles. The van der Waals surface area contributed by atoms with Crippen LogP contribution < -0.4 is 10.6 Å². The number of carbonyl (C=O) groups excluding carboxylic acids is 1. The summed E-state index contributed by atoms with van der Waals surface area (Å²) in [7, 11) is 0. The number of ether oxygens (including phenoxy) is 1. The molecule has 7 heteroatoms. The molecule has 2 aromatic carbocycles. The molecule has 144 valence electrons. The molecule has 2 aromatic rings. The summed E-state index contributed by atoms with van der Waals surface area (Å²) in [6.45, 7) is 0.772. The van der Waals surface area contributed by atoms with Crippen LogP contribution in [0.3, 0.4) is 0 Å². The lowest BCUT2D eigenvalue weighted by atomic mass is 10.1. The minimum absolute atomic E-state index is 0.0540. The van der Waals surface area contributed by atoms with Crippen molar-refractivity contribution < 1.29 is 24.1 Å². The number of nitrogens with one attached hydrogen (secondary N) is 2. The molecular formula is C20H23FN2O4. The molecule has 3 rings (SSSR count). The number of aliphatic hydroxyl groups is 2. The summed E-state index contributed by atoms with van der Waals surface area (Å²) in [4.78, 5) is 12.1. The molecule has 1 aliphatic heterocycles. The maximum Gasteiger partial charge on any atom is 0.227 e. The summed E-state index contributed by atoms with van der Waals surface area (Å²) >= 11 is 0. The molecule has 1 amide bonds. The lowest BCUT2D eigenvalue weighted by molar-refractivity contribution is -0.120. The predicted molar refractivity (Wildman–Crippen MR) is 98.5 cm³/mol. The molecule has 0 unspecified atom stereocenters. The third kappa shape index (κ3) is 5.33. The third-order valence-corrected chi connectivity index (χ3v) is 4.49. The SMILES string of the molecule is O=C(C[C@@H]1O[C@H](CNCc2ccc(F)cc2)[C@@H](O)[C@H]1O)Nc1ccccc1. The highest BCUT2D eigenvalue weighted by Crippen LogP contribution is 2.24. The van der Waals surface area contributed by atoms with E-state index in [2.05, 4.69) is 10.6 Å².